The lowest BCUT2D eigenvalue weighted by Crippen LogP contribution is -2.05. The molecule has 1 aromatic rings. The Morgan fingerprint density at radius 3 is 3.00 bits per heavy atom. The van der Waals surface area contributed by atoms with Gasteiger partial charge in [0.05, 0.1) is 0 Å². The number of fused-ring (bicyclic) bond motifs is 1. The van der Waals surface area contributed by atoms with Gasteiger partial charge in [-0.3, -0.25) is 0 Å². The van der Waals surface area contributed by atoms with Crippen molar-refractivity contribution in [3.63, 3.8) is 0 Å². The standard InChI is InChI=1S/C14H22N2/c1-11(2)5-4-10-15-14-9-8-12-6-3-7-13(12)16-14/h8-9,11H,3-7,10H2,1-2H3,(H,15,16). The van der Waals surface area contributed by atoms with Crippen LogP contribution in [0.1, 0.15) is 44.4 Å². The Bertz CT molecular complexity index is 345. The minimum absolute atomic E-state index is 0.801. The SMILES string of the molecule is CC(C)CCCNc1ccc2c(n1)CCC2. The van der Waals surface area contributed by atoms with Crippen molar-refractivity contribution in [3.8, 4) is 0 Å². The monoisotopic (exact) mass is 218 g/mol. The third kappa shape index (κ3) is 2.97. The first kappa shape index (κ1) is 11.4. The number of hydrogen-bond acceptors (Lipinski definition) is 2. The van der Waals surface area contributed by atoms with Crippen LogP contribution in [0.4, 0.5) is 5.82 Å². The van der Waals surface area contributed by atoms with Gasteiger partial charge in [0.2, 0.25) is 0 Å². The van der Waals surface area contributed by atoms with E-state index < -0.39 is 0 Å². The molecule has 1 heterocycles. The first-order valence-electron chi connectivity index (χ1n) is 6.48. The molecule has 0 aliphatic heterocycles. The van der Waals surface area contributed by atoms with Gasteiger partial charge in [0.25, 0.3) is 0 Å². The summed E-state index contributed by atoms with van der Waals surface area (Å²) >= 11 is 0. The molecule has 88 valence electrons. The quantitative estimate of drug-likeness (QED) is 0.766. The number of nitrogens with one attached hydrogen (secondary N) is 1. The van der Waals surface area contributed by atoms with Crippen molar-refractivity contribution in [3.05, 3.63) is 23.4 Å². The predicted molar refractivity (Wildman–Crippen MR) is 68.8 cm³/mol. The second-order valence-electron chi connectivity index (χ2n) is 5.12. The van der Waals surface area contributed by atoms with Crippen LogP contribution in [0.5, 0.6) is 0 Å². The number of anilines is 1. The highest BCUT2D eigenvalue weighted by Crippen LogP contribution is 2.21. The van der Waals surface area contributed by atoms with Gasteiger partial charge in [0.1, 0.15) is 5.82 Å². The summed E-state index contributed by atoms with van der Waals surface area (Å²) < 4.78 is 0. The van der Waals surface area contributed by atoms with Gasteiger partial charge in [-0.05, 0) is 49.7 Å². The number of rotatable bonds is 5. The molecule has 0 unspecified atom stereocenters. The molecule has 0 aromatic carbocycles. The van der Waals surface area contributed by atoms with Crippen molar-refractivity contribution in [1.82, 2.24) is 4.98 Å². The van der Waals surface area contributed by atoms with Crippen LogP contribution in [0.2, 0.25) is 0 Å². The smallest absolute Gasteiger partial charge is 0.126 e. The lowest BCUT2D eigenvalue weighted by atomic mass is 10.1. The maximum absolute atomic E-state index is 4.66. The molecule has 0 saturated heterocycles. The van der Waals surface area contributed by atoms with Gasteiger partial charge in [-0.1, -0.05) is 19.9 Å². The van der Waals surface area contributed by atoms with E-state index in [1.54, 1.807) is 0 Å². The molecular weight excluding hydrogens is 196 g/mol. The van der Waals surface area contributed by atoms with E-state index >= 15 is 0 Å². The number of aromatic nitrogens is 1. The van der Waals surface area contributed by atoms with Crippen LogP contribution < -0.4 is 5.32 Å². The van der Waals surface area contributed by atoms with Crippen LogP contribution in [-0.4, -0.2) is 11.5 Å². The maximum Gasteiger partial charge on any atom is 0.126 e. The summed E-state index contributed by atoms with van der Waals surface area (Å²) in [5, 5.41) is 3.42. The molecule has 16 heavy (non-hydrogen) atoms. The fourth-order valence-electron chi connectivity index (χ4n) is 2.25. The normalized spacial score (nSPS) is 14.2. The minimum Gasteiger partial charge on any atom is -0.370 e. The molecule has 0 atom stereocenters. The van der Waals surface area contributed by atoms with Crippen LogP contribution in [0.15, 0.2) is 12.1 Å². The molecule has 0 fully saturated rings. The first-order valence-corrected chi connectivity index (χ1v) is 6.48. The molecule has 1 aliphatic rings. The van der Waals surface area contributed by atoms with Gasteiger partial charge in [0.15, 0.2) is 0 Å². The Kier molecular flexibility index (Phi) is 3.81. The fraction of sp³-hybridized carbons (Fsp3) is 0.643. The van der Waals surface area contributed by atoms with Gasteiger partial charge in [-0.25, -0.2) is 4.98 Å². The molecule has 1 N–H and O–H groups in total. The third-order valence-electron chi connectivity index (χ3n) is 3.19. The zero-order valence-electron chi connectivity index (χ0n) is 10.4. The van der Waals surface area contributed by atoms with Gasteiger partial charge < -0.3 is 5.32 Å². The molecule has 2 heteroatoms. The summed E-state index contributed by atoms with van der Waals surface area (Å²) in [5.41, 5.74) is 2.77. The second kappa shape index (κ2) is 5.33. The Morgan fingerprint density at radius 2 is 2.19 bits per heavy atom. The molecule has 0 saturated carbocycles. The summed E-state index contributed by atoms with van der Waals surface area (Å²) in [5.74, 6) is 1.86. The number of aryl methyl sites for hydroxylation is 2. The summed E-state index contributed by atoms with van der Waals surface area (Å²) in [6.07, 6.45) is 6.18. The molecule has 2 rings (SSSR count). The molecule has 0 spiro atoms. The van der Waals surface area contributed by atoms with Gasteiger partial charge in [-0.15, -0.1) is 0 Å². The zero-order chi connectivity index (χ0) is 11.4. The molecule has 1 aromatic heterocycles. The molecular formula is C14H22N2. The van der Waals surface area contributed by atoms with Crippen LogP contribution in [0.25, 0.3) is 0 Å². The Hall–Kier alpha value is -1.05. The highest BCUT2D eigenvalue weighted by molar-refractivity contribution is 5.40. The largest absolute Gasteiger partial charge is 0.370 e. The fourth-order valence-corrected chi connectivity index (χ4v) is 2.25. The van der Waals surface area contributed by atoms with Crippen molar-refractivity contribution in [2.75, 3.05) is 11.9 Å². The first-order chi connectivity index (χ1) is 7.75. The van der Waals surface area contributed by atoms with Crippen molar-refractivity contribution in [1.29, 1.82) is 0 Å². The highest BCUT2D eigenvalue weighted by atomic mass is 15.0. The van der Waals surface area contributed by atoms with Gasteiger partial charge >= 0.3 is 0 Å². The van der Waals surface area contributed by atoms with Crippen LogP contribution in [0.3, 0.4) is 0 Å². The van der Waals surface area contributed by atoms with Crippen LogP contribution in [-0.2, 0) is 12.8 Å². The Labute approximate surface area is 98.5 Å². The van der Waals surface area contributed by atoms with Gasteiger partial charge in [0, 0.05) is 12.2 Å². The zero-order valence-corrected chi connectivity index (χ0v) is 10.4. The third-order valence-corrected chi connectivity index (χ3v) is 3.19. The second-order valence-corrected chi connectivity index (χ2v) is 5.12. The minimum atomic E-state index is 0.801. The van der Waals surface area contributed by atoms with Crippen LogP contribution >= 0.6 is 0 Å². The summed E-state index contributed by atoms with van der Waals surface area (Å²) in [6, 6.07) is 4.36. The highest BCUT2D eigenvalue weighted by Gasteiger charge is 2.11. The van der Waals surface area contributed by atoms with E-state index in [1.165, 1.54) is 36.9 Å². The van der Waals surface area contributed by atoms with E-state index in [0.29, 0.717) is 0 Å². The van der Waals surface area contributed by atoms with Crippen molar-refractivity contribution in [2.24, 2.45) is 5.92 Å². The van der Waals surface area contributed by atoms with E-state index in [-0.39, 0.29) is 0 Å². The van der Waals surface area contributed by atoms with E-state index in [9.17, 15) is 0 Å². The molecule has 1 aliphatic carbocycles. The lowest BCUT2D eigenvalue weighted by molar-refractivity contribution is 0.566. The number of pyridine rings is 1. The predicted octanol–water partition coefficient (Wildman–Crippen LogP) is 3.42. The number of hydrogen-bond donors (Lipinski definition) is 1. The van der Waals surface area contributed by atoms with Crippen molar-refractivity contribution >= 4 is 5.82 Å². The van der Waals surface area contributed by atoms with E-state index in [0.717, 1.165) is 24.7 Å². The molecule has 0 bridgehead atoms. The topological polar surface area (TPSA) is 24.9 Å². The Morgan fingerprint density at radius 1 is 1.31 bits per heavy atom. The molecule has 2 nitrogen and oxygen atoms in total. The maximum atomic E-state index is 4.66. The Balaban J connectivity index is 1.81. The average Bonchev–Trinajstić information content (AvgIpc) is 2.71. The van der Waals surface area contributed by atoms with Crippen molar-refractivity contribution in [2.45, 2.75) is 46.0 Å². The van der Waals surface area contributed by atoms with E-state index in [2.05, 4.69) is 36.3 Å². The molecule has 0 radical (unpaired) electrons. The average molecular weight is 218 g/mol. The number of nitrogens with zero attached hydrogens (tertiary/aromatic N) is 1. The van der Waals surface area contributed by atoms with Gasteiger partial charge in [-0.2, -0.15) is 0 Å². The summed E-state index contributed by atoms with van der Waals surface area (Å²) in [7, 11) is 0. The van der Waals surface area contributed by atoms with E-state index in [4.69, 9.17) is 0 Å². The van der Waals surface area contributed by atoms with Crippen LogP contribution in [0, 0.1) is 5.92 Å². The lowest BCUT2D eigenvalue weighted by Gasteiger charge is -2.08. The van der Waals surface area contributed by atoms with E-state index in [1.807, 2.05) is 0 Å². The molecule has 0 amide bonds. The van der Waals surface area contributed by atoms with Crippen molar-refractivity contribution < 1.29 is 0 Å². The summed E-state index contributed by atoms with van der Waals surface area (Å²) in [6.45, 7) is 5.59. The summed E-state index contributed by atoms with van der Waals surface area (Å²) in [4.78, 5) is 4.66.